The van der Waals surface area contributed by atoms with E-state index >= 15 is 0 Å². The Hall–Kier alpha value is 1.32. The SMILES string of the molecule is F.O=S(=O)(O)O.[Fe].[NaH]. The van der Waals surface area contributed by atoms with Gasteiger partial charge in [-0.1, -0.05) is 0 Å². The Kier molecular flexibility index (Phi) is 23.7. The first kappa shape index (κ1) is 22.8. The summed E-state index contributed by atoms with van der Waals surface area (Å²) in [6.45, 7) is 0. The van der Waals surface area contributed by atoms with E-state index in [1.54, 1.807) is 0 Å². The van der Waals surface area contributed by atoms with Gasteiger partial charge in [-0.3, -0.25) is 13.8 Å². The molecule has 2 N–H and O–H groups in total. The van der Waals surface area contributed by atoms with E-state index in [1.807, 2.05) is 0 Å². The zero-order valence-electron chi connectivity index (χ0n) is 2.88. The third kappa shape index (κ3) is 168. The molecule has 0 bridgehead atoms. The van der Waals surface area contributed by atoms with Crippen LogP contribution in [0.2, 0.25) is 0 Å². The topological polar surface area (TPSA) is 74.6 Å². The number of halogens is 1. The molecule has 0 saturated carbocycles. The molecular weight excluding hydrogens is 194 g/mol. The first-order valence-corrected chi connectivity index (χ1v) is 2.10. The van der Waals surface area contributed by atoms with E-state index in [9.17, 15) is 0 Å². The summed E-state index contributed by atoms with van der Waals surface area (Å²) in [5.41, 5.74) is 0. The van der Waals surface area contributed by atoms with Crippen molar-refractivity contribution in [3.05, 3.63) is 0 Å². The Bertz CT molecular complexity index is 99.2. The molecule has 0 spiro atoms. The molecule has 0 atom stereocenters. The van der Waals surface area contributed by atoms with Crippen molar-refractivity contribution in [1.82, 2.24) is 0 Å². The Morgan fingerprint density at radius 1 is 1.12 bits per heavy atom. The molecule has 4 nitrogen and oxygen atoms in total. The fraction of sp³-hybridized carbons (Fsp3) is 0. The van der Waals surface area contributed by atoms with Crippen molar-refractivity contribution in [3.63, 3.8) is 0 Å². The summed E-state index contributed by atoms with van der Waals surface area (Å²) in [6.07, 6.45) is 0. The number of hydrogen-bond acceptors (Lipinski definition) is 2. The second-order valence-electron chi connectivity index (χ2n) is 0.448. The fourth-order valence-electron chi connectivity index (χ4n) is 0. The summed E-state index contributed by atoms with van der Waals surface area (Å²) in [4.78, 5) is 0. The quantitative estimate of drug-likeness (QED) is 0.380. The van der Waals surface area contributed by atoms with Crippen LogP contribution in [0.5, 0.6) is 0 Å². The monoisotopic (exact) mass is 198 g/mol. The zero-order chi connectivity index (χ0) is 4.50. The maximum atomic E-state index is 8.74. The standard InChI is InChI=1S/FH.Fe.Na.H2O4S.H/c;;;1-5(2,3)4;/h1H;;;(H2,1,2,3,4);. The Morgan fingerprint density at radius 3 is 1.12 bits per heavy atom. The third-order valence-electron chi connectivity index (χ3n) is 0. The molecular formula is H4FFeNaO4S. The van der Waals surface area contributed by atoms with E-state index in [0.29, 0.717) is 0 Å². The number of rotatable bonds is 0. The first-order chi connectivity index (χ1) is 2.00. The summed E-state index contributed by atoms with van der Waals surface area (Å²) in [7, 11) is -4.67. The summed E-state index contributed by atoms with van der Waals surface area (Å²) in [6, 6.07) is 0. The van der Waals surface area contributed by atoms with E-state index in [2.05, 4.69) is 0 Å². The van der Waals surface area contributed by atoms with Crippen LogP contribution in [0.1, 0.15) is 0 Å². The maximum absolute atomic E-state index is 8.74. The van der Waals surface area contributed by atoms with E-state index in [0.717, 1.165) is 0 Å². The molecule has 0 radical (unpaired) electrons. The molecule has 0 aliphatic rings. The molecule has 0 heterocycles. The van der Waals surface area contributed by atoms with Crippen molar-refractivity contribution < 1.29 is 39.3 Å². The van der Waals surface area contributed by atoms with Crippen molar-refractivity contribution in [1.29, 1.82) is 0 Å². The molecule has 0 unspecified atom stereocenters. The minimum atomic E-state index is -4.67. The van der Waals surface area contributed by atoms with Crippen LogP contribution in [0, 0.1) is 0 Å². The van der Waals surface area contributed by atoms with E-state index in [1.165, 1.54) is 0 Å². The van der Waals surface area contributed by atoms with Crippen molar-refractivity contribution in [2.75, 3.05) is 0 Å². The molecule has 50 valence electrons. The van der Waals surface area contributed by atoms with E-state index in [-0.39, 0.29) is 51.3 Å². The Balaban J connectivity index is -0.0000000267. The van der Waals surface area contributed by atoms with Gasteiger partial charge in [-0.25, -0.2) is 0 Å². The summed E-state index contributed by atoms with van der Waals surface area (Å²) in [5, 5.41) is 0. The third-order valence-corrected chi connectivity index (χ3v) is 0. The van der Waals surface area contributed by atoms with Gasteiger partial charge < -0.3 is 0 Å². The van der Waals surface area contributed by atoms with Gasteiger partial charge in [0.1, 0.15) is 0 Å². The van der Waals surface area contributed by atoms with E-state index in [4.69, 9.17) is 17.5 Å². The van der Waals surface area contributed by atoms with Gasteiger partial charge in [-0.05, 0) is 0 Å². The molecule has 8 heavy (non-hydrogen) atoms. The normalized spacial score (nSPS) is 7.25. The average molecular weight is 198 g/mol. The van der Waals surface area contributed by atoms with Crippen LogP contribution in [0.4, 0.5) is 4.70 Å². The van der Waals surface area contributed by atoms with Crippen LogP contribution in [0.25, 0.3) is 0 Å². The molecule has 0 aromatic rings. The zero-order valence-corrected chi connectivity index (χ0v) is 4.80. The minimum absolute atomic E-state index is 0. The van der Waals surface area contributed by atoms with Crippen LogP contribution < -0.4 is 0 Å². The van der Waals surface area contributed by atoms with Gasteiger partial charge in [0.25, 0.3) is 0 Å². The van der Waals surface area contributed by atoms with Gasteiger partial charge in [0.05, 0.1) is 0 Å². The molecule has 0 aromatic heterocycles. The molecule has 0 aliphatic carbocycles. The van der Waals surface area contributed by atoms with Crippen LogP contribution in [0.3, 0.4) is 0 Å². The molecule has 0 aromatic carbocycles. The second-order valence-corrected chi connectivity index (χ2v) is 1.34. The van der Waals surface area contributed by atoms with Crippen molar-refractivity contribution in [2.45, 2.75) is 0 Å². The van der Waals surface area contributed by atoms with Crippen molar-refractivity contribution >= 4 is 40.0 Å². The molecule has 0 aliphatic heterocycles. The van der Waals surface area contributed by atoms with Gasteiger partial charge in [0, 0.05) is 17.1 Å². The van der Waals surface area contributed by atoms with Gasteiger partial charge >= 0.3 is 40.0 Å². The Morgan fingerprint density at radius 2 is 1.12 bits per heavy atom. The molecule has 0 amide bonds. The van der Waals surface area contributed by atoms with Gasteiger partial charge in [-0.2, -0.15) is 8.42 Å². The molecule has 0 saturated heterocycles. The second kappa shape index (κ2) is 8.32. The summed E-state index contributed by atoms with van der Waals surface area (Å²) in [5.74, 6) is 0. The molecule has 8 heteroatoms. The van der Waals surface area contributed by atoms with Crippen molar-refractivity contribution in [2.24, 2.45) is 0 Å². The predicted molar refractivity (Wildman–Crippen MR) is 23.8 cm³/mol. The molecule has 0 rings (SSSR count). The molecule has 0 fully saturated rings. The predicted octanol–water partition coefficient (Wildman–Crippen LogP) is -1.15. The van der Waals surface area contributed by atoms with Gasteiger partial charge in [-0.15, -0.1) is 0 Å². The van der Waals surface area contributed by atoms with Crippen LogP contribution in [-0.4, -0.2) is 47.1 Å². The Labute approximate surface area is 78.7 Å². The van der Waals surface area contributed by atoms with Crippen molar-refractivity contribution in [3.8, 4) is 0 Å². The summed E-state index contributed by atoms with van der Waals surface area (Å²) < 4.78 is 31.6. The van der Waals surface area contributed by atoms with Gasteiger partial charge in [0.15, 0.2) is 0 Å². The number of hydrogen-bond donors (Lipinski definition) is 2. The van der Waals surface area contributed by atoms with Crippen LogP contribution in [-0.2, 0) is 27.5 Å². The van der Waals surface area contributed by atoms with Gasteiger partial charge in [0.2, 0.25) is 0 Å². The summed E-state index contributed by atoms with van der Waals surface area (Å²) >= 11 is 0. The van der Waals surface area contributed by atoms with Crippen LogP contribution in [0.15, 0.2) is 0 Å². The average Bonchev–Trinajstić information content (AvgIpc) is 0.722. The first-order valence-electron chi connectivity index (χ1n) is 0.698. The fourth-order valence-corrected chi connectivity index (χ4v) is 0. The van der Waals surface area contributed by atoms with E-state index < -0.39 is 10.4 Å². The van der Waals surface area contributed by atoms with Crippen LogP contribution >= 0.6 is 0 Å².